The lowest BCUT2D eigenvalue weighted by Gasteiger charge is -2.38. The molecule has 196 valence electrons. The summed E-state index contributed by atoms with van der Waals surface area (Å²) in [7, 11) is -0.0700. The highest BCUT2D eigenvalue weighted by molar-refractivity contribution is 7.46. The summed E-state index contributed by atoms with van der Waals surface area (Å²) in [6.07, 6.45) is 27.8. The highest BCUT2D eigenvalue weighted by atomic mass is 31.2. The molecule has 0 aromatic rings. The molecular formula is C27H55NO4P+. The third-order valence-electron chi connectivity index (χ3n) is 7.31. The maximum absolute atomic E-state index is 11.5. The topological polar surface area (TPSA) is 66.8 Å². The van der Waals surface area contributed by atoms with Crippen molar-refractivity contribution in [1.29, 1.82) is 0 Å². The predicted octanol–water partition coefficient (Wildman–Crippen LogP) is 7.91. The minimum Gasteiger partial charge on any atom is -0.324 e. The van der Waals surface area contributed by atoms with E-state index in [0.717, 1.165) is 23.7 Å². The fourth-order valence-electron chi connectivity index (χ4n) is 5.27. The first-order valence-electron chi connectivity index (χ1n) is 14.0. The minimum absolute atomic E-state index is 0.363. The summed E-state index contributed by atoms with van der Waals surface area (Å²) >= 11 is 0. The molecule has 1 fully saturated rings. The van der Waals surface area contributed by atoms with Crippen LogP contribution in [0.3, 0.4) is 0 Å². The van der Waals surface area contributed by atoms with Gasteiger partial charge in [-0.25, -0.2) is 4.57 Å². The Balaban J connectivity index is 2.09. The van der Waals surface area contributed by atoms with Crippen LogP contribution in [0.4, 0.5) is 0 Å². The van der Waals surface area contributed by atoms with Gasteiger partial charge in [0.15, 0.2) is 0 Å². The number of hydrogen-bond donors (Lipinski definition) is 2. The zero-order valence-electron chi connectivity index (χ0n) is 22.1. The van der Waals surface area contributed by atoms with E-state index in [0.29, 0.717) is 12.6 Å². The summed E-state index contributed by atoms with van der Waals surface area (Å²) in [5.74, 6) is 0. The zero-order valence-corrected chi connectivity index (χ0v) is 23.0. The van der Waals surface area contributed by atoms with E-state index in [1.165, 1.54) is 103 Å². The third kappa shape index (κ3) is 17.0. The van der Waals surface area contributed by atoms with Crippen molar-refractivity contribution >= 4 is 7.82 Å². The average molecular weight is 489 g/mol. The molecule has 0 radical (unpaired) electrons. The van der Waals surface area contributed by atoms with Crippen LogP contribution in [-0.2, 0) is 9.09 Å². The van der Waals surface area contributed by atoms with Crippen LogP contribution in [0.15, 0.2) is 12.2 Å². The molecular weight excluding hydrogens is 433 g/mol. The molecule has 0 saturated heterocycles. The van der Waals surface area contributed by atoms with Crippen molar-refractivity contribution in [2.24, 2.45) is 0 Å². The molecule has 0 amide bonds. The van der Waals surface area contributed by atoms with Crippen LogP contribution >= 0.6 is 7.82 Å². The molecule has 0 spiro atoms. The summed E-state index contributed by atoms with van der Waals surface area (Å²) < 4.78 is 17.5. The van der Waals surface area contributed by atoms with Crippen LogP contribution in [-0.4, -0.2) is 47.1 Å². The van der Waals surface area contributed by atoms with Crippen LogP contribution < -0.4 is 0 Å². The lowest BCUT2D eigenvalue weighted by atomic mass is 10.0. The van der Waals surface area contributed by atoms with Crippen molar-refractivity contribution in [2.75, 3.05) is 20.6 Å². The second-order valence-electron chi connectivity index (χ2n) is 10.8. The maximum atomic E-state index is 11.5. The lowest BCUT2D eigenvalue weighted by molar-refractivity contribution is -0.917. The molecule has 1 aliphatic rings. The molecule has 6 heteroatoms. The van der Waals surface area contributed by atoms with Gasteiger partial charge in [-0.1, -0.05) is 83.3 Å². The number of likely N-dealkylation sites (N-methyl/N-ethyl adjacent to an activating group) is 1. The molecule has 33 heavy (non-hydrogen) atoms. The summed E-state index contributed by atoms with van der Waals surface area (Å²) in [6, 6.07) is 0.590. The van der Waals surface area contributed by atoms with Crippen LogP contribution in [0.2, 0.25) is 0 Å². The van der Waals surface area contributed by atoms with E-state index in [4.69, 9.17) is 4.52 Å². The molecule has 0 heterocycles. The molecule has 1 atom stereocenters. The number of phosphoric acid groups is 1. The summed E-state index contributed by atoms with van der Waals surface area (Å²) in [5.41, 5.74) is 0. The lowest BCUT2D eigenvalue weighted by Crippen LogP contribution is -2.52. The quantitative estimate of drug-likeness (QED) is 0.0745. The second-order valence-corrected chi connectivity index (χ2v) is 12.0. The van der Waals surface area contributed by atoms with Crippen LogP contribution in [0, 0.1) is 0 Å². The minimum atomic E-state index is -4.45. The largest absolute Gasteiger partial charge is 0.470 e. The van der Waals surface area contributed by atoms with Crippen molar-refractivity contribution in [3.8, 4) is 0 Å². The number of quaternary nitrogens is 1. The van der Waals surface area contributed by atoms with Gasteiger partial charge in [0.25, 0.3) is 0 Å². The molecule has 1 rings (SSSR count). The van der Waals surface area contributed by atoms with Crippen molar-refractivity contribution < 1.29 is 23.4 Å². The number of nitrogens with zero attached hydrogens (tertiary/aromatic N) is 1. The Morgan fingerprint density at radius 2 is 1.33 bits per heavy atom. The fourth-order valence-corrected chi connectivity index (χ4v) is 5.83. The monoisotopic (exact) mass is 488 g/mol. The Bertz CT molecular complexity index is 540. The van der Waals surface area contributed by atoms with Gasteiger partial charge >= 0.3 is 7.82 Å². The van der Waals surface area contributed by atoms with E-state index < -0.39 is 7.82 Å². The van der Waals surface area contributed by atoms with Gasteiger partial charge in [-0.2, -0.15) is 0 Å². The normalized spacial score (nSPS) is 16.8. The highest BCUT2D eigenvalue weighted by Gasteiger charge is 2.35. The standard InChI is InChI=1S/C27H54NO4P/c1-4-5-6-7-8-9-10-11-12-13-14-15-16-17-18-19-24-27(32-33(29,30)31)25-28(2,3)26-22-20-21-23-26/h11-12,26-27H,4-10,13-25H2,1-3H3,(H-,29,30,31)/p+1. The van der Waals surface area contributed by atoms with E-state index in [9.17, 15) is 14.4 Å². The van der Waals surface area contributed by atoms with Crippen molar-refractivity contribution in [1.82, 2.24) is 0 Å². The number of unbranched alkanes of at least 4 members (excludes halogenated alkanes) is 12. The number of phosphoric ester groups is 1. The Hall–Kier alpha value is -0.190. The van der Waals surface area contributed by atoms with Crippen molar-refractivity contribution in [3.05, 3.63) is 12.2 Å². The van der Waals surface area contributed by atoms with Gasteiger partial charge in [0.2, 0.25) is 0 Å². The summed E-state index contributed by atoms with van der Waals surface area (Å²) in [5, 5.41) is 0. The number of rotatable bonds is 21. The smallest absolute Gasteiger partial charge is 0.324 e. The molecule has 5 nitrogen and oxygen atoms in total. The molecule has 0 aromatic heterocycles. The average Bonchev–Trinajstić information content (AvgIpc) is 3.28. The van der Waals surface area contributed by atoms with Gasteiger partial charge in [-0.15, -0.1) is 0 Å². The summed E-state index contributed by atoms with van der Waals surface area (Å²) in [4.78, 5) is 18.7. The number of hydrogen-bond acceptors (Lipinski definition) is 2. The van der Waals surface area contributed by atoms with E-state index >= 15 is 0 Å². The van der Waals surface area contributed by atoms with Crippen LogP contribution in [0.25, 0.3) is 0 Å². The SMILES string of the molecule is CCCCCCCCC=CCCCCCCCCC(C[N+](C)(C)C1CCCC1)OP(=O)(O)O. The van der Waals surface area contributed by atoms with E-state index in [-0.39, 0.29) is 6.10 Å². The van der Waals surface area contributed by atoms with E-state index in [1.54, 1.807) is 0 Å². The number of allylic oxidation sites excluding steroid dienone is 2. The third-order valence-corrected chi connectivity index (χ3v) is 7.88. The first-order valence-corrected chi connectivity index (χ1v) is 15.5. The van der Waals surface area contributed by atoms with Crippen LogP contribution in [0.5, 0.6) is 0 Å². The Morgan fingerprint density at radius 1 is 0.848 bits per heavy atom. The first-order chi connectivity index (χ1) is 15.7. The Labute approximate surface area is 205 Å². The molecule has 1 unspecified atom stereocenters. The molecule has 1 aliphatic carbocycles. The van der Waals surface area contributed by atoms with Gasteiger partial charge in [-0.3, -0.25) is 4.52 Å². The van der Waals surface area contributed by atoms with Gasteiger partial charge in [0.05, 0.1) is 20.1 Å². The maximum Gasteiger partial charge on any atom is 0.470 e. The highest BCUT2D eigenvalue weighted by Crippen LogP contribution is 2.39. The molecule has 0 bridgehead atoms. The van der Waals surface area contributed by atoms with Crippen molar-refractivity contribution in [3.63, 3.8) is 0 Å². The molecule has 0 aliphatic heterocycles. The molecule has 1 saturated carbocycles. The molecule has 2 N–H and O–H groups in total. The van der Waals surface area contributed by atoms with E-state index in [1.807, 2.05) is 0 Å². The summed E-state index contributed by atoms with van der Waals surface area (Å²) in [6.45, 7) is 2.95. The molecule has 0 aromatic carbocycles. The van der Waals surface area contributed by atoms with Crippen molar-refractivity contribution in [2.45, 2.75) is 141 Å². The van der Waals surface area contributed by atoms with E-state index in [2.05, 4.69) is 33.2 Å². The fraction of sp³-hybridized carbons (Fsp3) is 0.926. The first kappa shape index (κ1) is 30.8. The van der Waals surface area contributed by atoms with Crippen LogP contribution in [0.1, 0.15) is 129 Å². The predicted molar refractivity (Wildman–Crippen MR) is 140 cm³/mol. The second kappa shape index (κ2) is 18.1. The van der Waals surface area contributed by atoms with Gasteiger partial charge in [-0.05, 0) is 57.8 Å². The zero-order chi connectivity index (χ0) is 24.4. The Kier molecular flexibility index (Phi) is 16.9. The Morgan fingerprint density at radius 3 is 1.85 bits per heavy atom. The van der Waals surface area contributed by atoms with Gasteiger partial charge in [0, 0.05) is 0 Å². The van der Waals surface area contributed by atoms with Gasteiger partial charge < -0.3 is 14.3 Å². The van der Waals surface area contributed by atoms with Gasteiger partial charge in [0.1, 0.15) is 12.6 Å².